The van der Waals surface area contributed by atoms with Crippen molar-refractivity contribution in [2.75, 3.05) is 7.05 Å². The van der Waals surface area contributed by atoms with Crippen LogP contribution in [-0.2, 0) is 13.0 Å². The first-order valence-corrected chi connectivity index (χ1v) is 7.24. The van der Waals surface area contributed by atoms with Crippen molar-refractivity contribution in [2.24, 2.45) is 0 Å². The third-order valence-electron chi connectivity index (χ3n) is 3.56. The average molecular weight is 303 g/mol. The molecule has 0 unspecified atom stereocenters. The smallest absolute Gasteiger partial charge is 0.263 e. The molecule has 1 aliphatic rings. The van der Waals surface area contributed by atoms with E-state index in [-0.39, 0.29) is 12.1 Å². The molecule has 8 heteroatoms. The van der Waals surface area contributed by atoms with Crippen molar-refractivity contribution < 1.29 is 9.32 Å². The van der Waals surface area contributed by atoms with Gasteiger partial charge in [-0.25, -0.2) is 4.98 Å². The van der Waals surface area contributed by atoms with Crippen LogP contribution in [-0.4, -0.2) is 38.0 Å². The van der Waals surface area contributed by atoms with E-state index >= 15 is 0 Å². The summed E-state index contributed by atoms with van der Waals surface area (Å²) in [7, 11) is 1.58. The molecule has 0 spiro atoms. The average Bonchev–Trinajstić information content (AvgIpc) is 3.27. The predicted octanol–water partition coefficient (Wildman–Crippen LogP) is 0.865. The molecular weight excluding hydrogens is 286 g/mol. The number of aromatic nitrogens is 4. The largest absolute Gasteiger partial charge is 0.337 e. The summed E-state index contributed by atoms with van der Waals surface area (Å²) in [5.41, 5.74) is -0.393. The standard InChI is InChI=1S/C14H17N5O3/c1-3-10-16-11(22-18-10)7-19(2)14(21)9-6-15-12(8-4-5-8)17-13(9)20/h6,8H,3-5,7H2,1-2H3,(H,15,17,20). The van der Waals surface area contributed by atoms with Crippen molar-refractivity contribution in [3.8, 4) is 0 Å². The molecule has 0 bridgehead atoms. The molecule has 1 aliphatic carbocycles. The molecule has 0 radical (unpaired) electrons. The molecule has 2 aromatic rings. The predicted molar refractivity (Wildman–Crippen MR) is 76.3 cm³/mol. The Hall–Kier alpha value is -2.51. The monoisotopic (exact) mass is 303 g/mol. The van der Waals surface area contributed by atoms with Crippen molar-refractivity contribution in [1.82, 2.24) is 25.0 Å². The first-order valence-electron chi connectivity index (χ1n) is 7.24. The lowest BCUT2D eigenvalue weighted by Crippen LogP contribution is -2.32. The lowest BCUT2D eigenvalue weighted by Gasteiger charge is -2.14. The summed E-state index contributed by atoms with van der Waals surface area (Å²) < 4.78 is 5.04. The van der Waals surface area contributed by atoms with Gasteiger partial charge in [0.15, 0.2) is 5.82 Å². The van der Waals surface area contributed by atoms with Crippen molar-refractivity contribution in [3.05, 3.63) is 39.7 Å². The number of aromatic amines is 1. The molecule has 1 N–H and O–H groups in total. The number of H-pyrrole nitrogens is 1. The molecule has 2 heterocycles. The number of nitrogens with one attached hydrogen (secondary N) is 1. The minimum atomic E-state index is -0.424. The number of aryl methyl sites for hydroxylation is 1. The van der Waals surface area contributed by atoms with Crippen molar-refractivity contribution in [2.45, 2.75) is 38.6 Å². The van der Waals surface area contributed by atoms with Gasteiger partial charge in [-0.15, -0.1) is 0 Å². The molecule has 1 saturated carbocycles. The van der Waals surface area contributed by atoms with Crippen LogP contribution in [0.5, 0.6) is 0 Å². The molecule has 22 heavy (non-hydrogen) atoms. The number of amides is 1. The Labute approximate surface area is 126 Å². The van der Waals surface area contributed by atoms with Gasteiger partial charge < -0.3 is 14.4 Å². The summed E-state index contributed by atoms with van der Waals surface area (Å²) in [6.07, 6.45) is 4.07. The van der Waals surface area contributed by atoms with Crippen LogP contribution in [0.15, 0.2) is 15.5 Å². The lowest BCUT2D eigenvalue weighted by atomic mass is 10.2. The molecule has 116 valence electrons. The van der Waals surface area contributed by atoms with E-state index in [9.17, 15) is 9.59 Å². The van der Waals surface area contributed by atoms with Crippen LogP contribution >= 0.6 is 0 Å². The van der Waals surface area contributed by atoms with Gasteiger partial charge in [-0.2, -0.15) is 4.98 Å². The number of nitrogens with zero attached hydrogens (tertiary/aromatic N) is 4. The van der Waals surface area contributed by atoms with Gasteiger partial charge in [0.2, 0.25) is 5.89 Å². The molecule has 0 aromatic carbocycles. The van der Waals surface area contributed by atoms with Crippen molar-refractivity contribution in [3.63, 3.8) is 0 Å². The SMILES string of the molecule is CCc1noc(CN(C)C(=O)c2cnc(C3CC3)[nH]c2=O)n1. The van der Waals surface area contributed by atoms with Crippen molar-refractivity contribution >= 4 is 5.91 Å². The fourth-order valence-electron chi connectivity index (χ4n) is 2.10. The number of hydrogen-bond acceptors (Lipinski definition) is 6. The van der Waals surface area contributed by atoms with Gasteiger partial charge in [0.1, 0.15) is 11.4 Å². The molecule has 0 aliphatic heterocycles. The van der Waals surface area contributed by atoms with Gasteiger partial charge in [-0.3, -0.25) is 9.59 Å². The van der Waals surface area contributed by atoms with Crippen LogP contribution in [0, 0.1) is 0 Å². The summed E-state index contributed by atoms with van der Waals surface area (Å²) in [6, 6.07) is 0. The summed E-state index contributed by atoms with van der Waals surface area (Å²) >= 11 is 0. The van der Waals surface area contributed by atoms with Crippen LogP contribution < -0.4 is 5.56 Å². The zero-order chi connectivity index (χ0) is 15.7. The first kappa shape index (κ1) is 14.4. The molecule has 3 rings (SSSR count). The van der Waals surface area contributed by atoms with E-state index in [0.717, 1.165) is 12.8 Å². The highest BCUT2D eigenvalue weighted by molar-refractivity contribution is 5.93. The van der Waals surface area contributed by atoms with E-state index in [1.165, 1.54) is 11.1 Å². The van der Waals surface area contributed by atoms with Gasteiger partial charge in [0, 0.05) is 25.6 Å². The van der Waals surface area contributed by atoms with E-state index in [2.05, 4.69) is 20.1 Å². The Kier molecular flexibility index (Phi) is 3.74. The van der Waals surface area contributed by atoms with E-state index in [1.807, 2.05) is 6.92 Å². The van der Waals surface area contributed by atoms with Crippen LogP contribution in [0.3, 0.4) is 0 Å². The summed E-state index contributed by atoms with van der Waals surface area (Å²) in [5.74, 6) is 1.50. The quantitative estimate of drug-likeness (QED) is 0.878. The normalized spacial score (nSPS) is 14.1. The molecule has 8 nitrogen and oxygen atoms in total. The zero-order valence-electron chi connectivity index (χ0n) is 12.5. The zero-order valence-corrected chi connectivity index (χ0v) is 12.5. The molecule has 0 saturated heterocycles. The molecule has 1 fully saturated rings. The first-order chi connectivity index (χ1) is 10.6. The highest BCUT2D eigenvalue weighted by Gasteiger charge is 2.27. The Balaban J connectivity index is 1.73. The molecule has 2 aromatic heterocycles. The molecule has 0 atom stereocenters. The second-order valence-corrected chi connectivity index (χ2v) is 5.40. The van der Waals surface area contributed by atoms with E-state index in [1.54, 1.807) is 7.05 Å². The Morgan fingerprint density at radius 1 is 1.50 bits per heavy atom. The van der Waals surface area contributed by atoms with Crippen LogP contribution in [0.4, 0.5) is 0 Å². The fraction of sp³-hybridized carbons (Fsp3) is 0.500. The third kappa shape index (κ3) is 2.90. The van der Waals surface area contributed by atoms with Gasteiger partial charge in [-0.05, 0) is 12.8 Å². The summed E-state index contributed by atoms with van der Waals surface area (Å²) in [5, 5.41) is 3.77. The highest BCUT2D eigenvalue weighted by atomic mass is 16.5. The number of carbonyl (C=O) groups is 1. The maximum Gasteiger partial charge on any atom is 0.263 e. The van der Waals surface area contributed by atoms with Crippen molar-refractivity contribution in [1.29, 1.82) is 0 Å². The number of rotatable bonds is 5. The van der Waals surface area contributed by atoms with Crippen LogP contribution in [0.25, 0.3) is 0 Å². The van der Waals surface area contributed by atoms with E-state index < -0.39 is 11.5 Å². The van der Waals surface area contributed by atoms with Gasteiger partial charge in [-0.1, -0.05) is 12.1 Å². The Morgan fingerprint density at radius 3 is 2.86 bits per heavy atom. The van der Waals surface area contributed by atoms with Gasteiger partial charge >= 0.3 is 0 Å². The highest BCUT2D eigenvalue weighted by Crippen LogP contribution is 2.37. The summed E-state index contributed by atoms with van der Waals surface area (Å²) in [4.78, 5) is 36.7. The second kappa shape index (κ2) is 5.70. The molecule has 1 amide bonds. The second-order valence-electron chi connectivity index (χ2n) is 5.40. The van der Waals surface area contributed by atoms with E-state index in [4.69, 9.17) is 4.52 Å². The topological polar surface area (TPSA) is 105 Å². The van der Waals surface area contributed by atoms with Gasteiger partial charge in [0.25, 0.3) is 11.5 Å². The maximum atomic E-state index is 12.3. The van der Waals surface area contributed by atoms with Crippen LogP contribution in [0.1, 0.15) is 53.6 Å². The Morgan fingerprint density at radius 2 is 2.27 bits per heavy atom. The van der Waals surface area contributed by atoms with E-state index in [0.29, 0.717) is 29.9 Å². The van der Waals surface area contributed by atoms with Crippen LogP contribution in [0.2, 0.25) is 0 Å². The number of hydrogen-bond donors (Lipinski definition) is 1. The Bertz CT molecular complexity index is 747. The minimum Gasteiger partial charge on any atom is -0.337 e. The minimum absolute atomic E-state index is 0.0159. The van der Waals surface area contributed by atoms with Gasteiger partial charge in [0.05, 0.1) is 6.54 Å². The molecular formula is C14H17N5O3. The lowest BCUT2D eigenvalue weighted by molar-refractivity contribution is 0.0767. The number of carbonyl (C=O) groups excluding carboxylic acids is 1. The maximum absolute atomic E-state index is 12.3. The third-order valence-corrected chi connectivity index (χ3v) is 3.56. The summed E-state index contributed by atoms with van der Waals surface area (Å²) in [6.45, 7) is 2.06. The fourth-order valence-corrected chi connectivity index (χ4v) is 2.10.